The zero-order valence-corrected chi connectivity index (χ0v) is 18.3. The summed E-state index contributed by atoms with van der Waals surface area (Å²) in [5.41, 5.74) is 0.911. The molecule has 0 spiro atoms. The third-order valence-electron chi connectivity index (χ3n) is 4.48. The van der Waals surface area contributed by atoms with Crippen molar-refractivity contribution in [3.8, 4) is 27.9 Å². The third kappa shape index (κ3) is 4.17. The molecule has 2 heterocycles. The van der Waals surface area contributed by atoms with Gasteiger partial charge in [-0.05, 0) is 54.8 Å². The number of hydrogen-bond acceptors (Lipinski definition) is 7. The van der Waals surface area contributed by atoms with Crippen molar-refractivity contribution in [1.29, 1.82) is 0 Å². The van der Waals surface area contributed by atoms with Crippen LogP contribution in [0.15, 0.2) is 69.4 Å². The van der Waals surface area contributed by atoms with Gasteiger partial charge in [0, 0.05) is 12.6 Å². The van der Waals surface area contributed by atoms with Crippen LogP contribution in [0.1, 0.15) is 6.92 Å². The second kappa shape index (κ2) is 8.48. The van der Waals surface area contributed by atoms with Crippen molar-refractivity contribution in [2.45, 2.75) is 11.8 Å². The topological polar surface area (TPSA) is 85.5 Å². The molecule has 0 aliphatic carbocycles. The molecule has 10 heteroatoms. The van der Waals surface area contributed by atoms with Crippen molar-refractivity contribution in [3.05, 3.63) is 65.8 Å². The normalized spacial score (nSPS) is 11.5. The number of ether oxygens (including phenoxy) is 1. The lowest BCUT2D eigenvalue weighted by Crippen LogP contribution is -2.26. The lowest BCUT2D eigenvalue weighted by molar-refractivity contribution is 0.340. The van der Waals surface area contributed by atoms with Crippen LogP contribution in [0.2, 0.25) is 0 Å². The fraction of sp³-hybridized carbons (Fsp3) is 0.143. The van der Waals surface area contributed by atoms with Crippen LogP contribution >= 0.6 is 11.3 Å². The Morgan fingerprint density at radius 1 is 1.16 bits per heavy atom. The summed E-state index contributed by atoms with van der Waals surface area (Å²) in [4.78, 5) is 4.63. The van der Waals surface area contributed by atoms with Crippen molar-refractivity contribution in [3.63, 3.8) is 0 Å². The summed E-state index contributed by atoms with van der Waals surface area (Å²) in [6.45, 7) is 2.40. The van der Waals surface area contributed by atoms with Crippen LogP contribution < -0.4 is 9.04 Å². The van der Waals surface area contributed by atoms with E-state index in [-0.39, 0.29) is 16.6 Å². The maximum absolute atomic E-state index is 13.5. The summed E-state index contributed by atoms with van der Waals surface area (Å²) in [6.07, 6.45) is 0. The van der Waals surface area contributed by atoms with E-state index in [9.17, 15) is 12.8 Å². The van der Waals surface area contributed by atoms with Gasteiger partial charge >= 0.3 is 0 Å². The first-order chi connectivity index (χ1) is 14.9. The smallest absolute Gasteiger partial charge is 0.269 e. The van der Waals surface area contributed by atoms with E-state index in [2.05, 4.69) is 10.1 Å². The Balaban J connectivity index is 1.66. The number of aromatic nitrogens is 2. The Kier molecular flexibility index (Phi) is 5.75. The van der Waals surface area contributed by atoms with Gasteiger partial charge in [0.15, 0.2) is 0 Å². The molecular formula is C21H18FN3O4S2. The number of benzene rings is 2. The summed E-state index contributed by atoms with van der Waals surface area (Å²) in [6, 6.07) is 14.0. The number of halogens is 1. The maximum Gasteiger partial charge on any atom is 0.269 e. The van der Waals surface area contributed by atoms with Crippen LogP contribution in [0.25, 0.3) is 22.2 Å². The highest BCUT2D eigenvalue weighted by Gasteiger charge is 2.28. The fourth-order valence-corrected chi connectivity index (χ4v) is 5.43. The van der Waals surface area contributed by atoms with Gasteiger partial charge < -0.3 is 9.26 Å². The molecule has 0 saturated heterocycles. The standard InChI is InChI=1S/C21H18FN3O4S2/c1-3-28-17-9-7-16(8-10-17)25(2)31(26,27)18-11-12-30-19(18)21-23-20(24-29-21)14-5-4-6-15(22)13-14/h4-13H,3H2,1-2H3. The quantitative estimate of drug-likeness (QED) is 0.394. The number of hydrogen-bond donors (Lipinski definition) is 0. The van der Waals surface area contributed by atoms with Gasteiger partial charge in [-0.3, -0.25) is 4.31 Å². The van der Waals surface area contributed by atoms with Gasteiger partial charge in [-0.2, -0.15) is 4.98 Å². The van der Waals surface area contributed by atoms with E-state index in [1.165, 1.54) is 47.0 Å². The predicted octanol–water partition coefficient (Wildman–Crippen LogP) is 4.83. The van der Waals surface area contributed by atoms with Gasteiger partial charge in [0.2, 0.25) is 5.82 Å². The van der Waals surface area contributed by atoms with Gasteiger partial charge in [-0.25, -0.2) is 12.8 Å². The summed E-state index contributed by atoms with van der Waals surface area (Å²) in [5.74, 6) is 0.447. The van der Waals surface area contributed by atoms with Crippen LogP contribution in [0.3, 0.4) is 0 Å². The first-order valence-corrected chi connectivity index (χ1v) is 11.6. The minimum Gasteiger partial charge on any atom is -0.494 e. The lowest BCUT2D eigenvalue weighted by atomic mass is 10.2. The van der Waals surface area contributed by atoms with E-state index < -0.39 is 15.8 Å². The Morgan fingerprint density at radius 3 is 2.65 bits per heavy atom. The van der Waals surface area contributed by atoms with Gasteiger partial charge in [-0.1, -0.05) is 17.3 Å². The summed E-state index contributed by atoms with van der Waals surface area (Å²) >= 11 is 1.17. The van der Waals surface area contributed by atoms with Crippen LogP contribution in [0.4, 0.5) is 10.1 Å². The number of rotatable bonds is 7. The second-order valence-electron chi connectivity index (χ2n) is 6.45. The first-order valence-electron chi connectivity index (χ1n) is 9.29. The molecule has 0 radical (unpaired) electrons. The van der Waals surface area contributed by atoms with Crippen molar-refractivity contribution < 1.29 is 22.1 Å². The molecule has 0 atom stereocenters. The average Bonchev–Trinajstić information content (AvgIpc) is 3.44. The van der Waals surface area contributed by atoms with Crippen LogP contribution in [0.5, 0.6) is 5.75 Å². The molecule has 31 heavy (non-hydrogen) atoms. The highest BCUT2D eigenvalue weighted by atomic mass is 32.2. The highest BCUT2D eigenvalue weighted by Crippen LogP contribution is 2.35. The molecule has 0 unspecified atom stereocenters. The van der Waals surface area contributed by atoms with Crippen LogP contribution in [-0.4, -0.2) is 32.2 Å². The summed E-state index contributed by atoms with van der Waals surface area (Å²) in [5, 5.41) is 5.51. The molecule has 0 saturated carbocycles. The summed E-state index contributed by atoms with van der Waals surface area (Å²) in [7, 11) is -2.43. The number of thiophene rings is 1. The molecule has 0 fully saturated rings. The molecule has 0 aliphatic rings. The largest absolute Gasteiger partial charge is 0.494 e. The molecule has 7 nitrogen and oxygen atoms in total. The Morgan fingerprint density at radius 2 is 1.94 bits per heavy atom. The molecule has 160 valence electrons. The lowest BCUT2D eigenvalue weighted by Gasteiger charge is -2.19. The van der Waals surface area contributed by atoms with Gasteiger partial charge in [0.1, 0.15) is 21.3 Å². The van der Waals surface area contributed by atoms with Gasteiger partial charge in [0.25, 0.3) is 15.9 Å². The number of anilines is 1. The van der Waals surface area contributed by atoms with Crippen molar-refractivity contribution in [1.82, 2.24) is 10.1 Å². The molecule has 4 aromatic rings. The minimum atomic E-state index is -3.90. The third-order valence-corrected chi connectivity index (χ3v) is 7.34. The van der Waals surface area contributed by atoms with E-state index >= 15 is 0 Å². The van der Waals surface area contributed by atoms with E-state index in [0.29, 0.717) is 28.5 Å². The molecule has 0 aliphatic heterocycles. The second-order valence-corrected chi connectivity index (χ2v) is 9.30. The molecule has 0 N–H and O–H groups in total. The minimum absolute atomic E-state index is 0.0447. The number of sulfonamides is 1. The van der Waals surface area contributed by atoms with Gasteiger partial charge in [0.05, 0.1) is 12.3 Å². The molecule has 2 aromatic carbocycles. The predicted molar refractivity (Wildman–Crippen MR) is 116 cm³/mol. The van der Waals surface area contributed by atoms with E-state index in [1.54, 1.807) is 35.7 Å². The first kappa shape index (κ1) is 21.0. The highest BCUT2D eigenvalue weighted by molar-refractivity contribution is 7.93. The van der Waals surface area contributed by atoms with Gasteiger partial charge in [-0.15, -0.1) is 11.3 Å². The molecule has 0 amide bonds. The average molecular weight is 460 g/mol. The fourth-order valence-electron chi connectivity index (χ4n) is 2.92. The van der Waals surface area contributed by atoms with Crippen molar-refractivity contribution in [2.24, 2.45) is 0 Å². The Labute approximate surface area is 182 Å². The Bertz CT molecular complexity index is 1300. The number of nitrogens with zero attached hydrogens (tertiary/aromatic N) is 3. The van der Waals surface area contributed by atoms with Crippen LogP contribution in [-0.2, 0) is 10.0 Å². The molecular weight excluding hydrogens is 441 g/mol. The maximum atomic E-state index is 13.5. The molecule has 4 rings (SSSR count). The van der Waals surface area contributed by atoms with Crippen molar-refractivity contribution >= 4 is 27.0 Å². The molecule has 0 bridgehead atoms. The van der Waals surface area contributed by atoms with E-state index in [0.717, 1.165) is 0 Å². The van der Waals surface area contributed by atoms with Crippen LogP contribution in [0, 0.1) is 5.82 Å². The Hall–Kier alpha value is -3.24. The summed E-state index contributed by atoms with van der Waals surface area (Å²) < 4.78 is 51.9. The SMILES string of the molecule is CCOc1ccc(N(C)S(=O)(=O)c2ccsc2-c2nc(-c3cccc(F)c3)no2)cc1. The van der Waals surface area contributed by atoms with E-state index in [4.69, 9.17) is 9.26 Å². The van der Waals surface area contributed by atoms with Crippen molar-refractivity contribution in [2.75, 3.05) is 18.0 Å². The molecule has 2 aromatic heterocycles. The monoisotopic (exact) mass is 459 g/mol. The zero-order chi connectivity index (χ0) is 22.0. The zero-order valence-electron chi connectivity index (χ0n) is 16.6. The van der Waals surface area contributed by atoms with E-state index in [1.807, 2.05) is 6.92 Å².